The molecule has 1 amide bonds. The fourth-order valence-electron chi connectivity index (χ4n) is 2.70. The van der Waals surface area contributed by atoms with Gasteiger partial charge in [0.05, 0.1) is 6.34 Å². The van der Waals surface area contributed by atoms with Gasteiger partial charge in [-0.05, 0) is 18.3 Å². The number of aromatic hydroxyl groups is 1. The lowest BCUT2D eigenvalue weighted by atomic mass is 9.96. The normalized spacial score (nSPS) is 14.3. The molecule has 1 aliphatic carbocycles. The molecular formula is C18H27ClN6O3. The highest BCUT2D eigenvalue weighted by atomic mass is 35.5. The van der Waals surface area contributed by atoms with Crippen molar-refractivity contribution in [3.63, 3.8) is 0 Å². The monoisotopic (exact) mass is 410 g/mol. The maximum Gasteiger partial charge on any atom is 0.291 e. The van der Waals surface area contributed by atoms with Crippen LogP contribution in [0.4, 0.5) is 5.82 Å². The smallest absolute Gasteiger partial charge is 0.291 e. The van der Waals surface area contributed by atoms with Gasteiger partial charge >= 0.3 is 0 Å². The molecular weight excluding hydrogens is 384 g/mol. The predicted molar refractivity (Wildman–Crippen MR) is 110 cm³/mol. The van der Waals surface area contributed by atoms with Gasteiger partial charge in [0.25, 0.3) is 11.5 Å². The predicted octanol–water partition coefficient (Wildman–Crippen LogP) is 1.78. The number of halogens is 1. The van der Waals surface area contributed by atoms with E-state index in [1.165, 1.54) is 0 Å². The van der Waals surface area contributed by atoms with E-state index in [0.717, 1.165) is 17.4 Å². The molecule has 0 spiro atoms. The highest BCUT2D eigenvalue weighted by Gasteiger charge is 2.30. The van der Waals surface area contributed by atoms with Crippen LogP contribution < -0.4 is 10.9 Å². The molecule has 1 fully saturated rings. The minimum atomic E-state index is -0.655. The van der Waals surface area contributed by atoms with E-state index in [1.54, 1.807) is 21.9 Å². The van der Waals surface area contributed by atoms with Gasteiger partial charge in [0.15, 0.2) is 11.4 Å². The van der Waals surface area contributed by atoms with Crippen molar-refractivity contribution in [2.24, 2.45) is 10.4 Å². The summed E-state index contributed by atoms with van der Waals surface area (Å²) in [6.45, 7) is 6.42. The summed E-state index contributed by atoms with van der Waals surface area (Å²) in [4.78, 5) is 31.4. The van der Waals surface area contributed by atoms with Crippen molar-refractivity contribution in [1.29, 1.82) is 0 Å². The third kappa shape index (κ3) is 4.64. The molecule has 0 radical (unpaired) electrons. The van der Waals surface area contributed by atoms with Crippen molar-refractivity contribution >= 4 is 36.1 Å². The van der Waals surface area contributed by atoms with Crippen LogP contribution in [0.5, 0.6) is 5.88 Å². The minimum absolute atomic E-state index is 0. The fraction of sp³-hybridized carbons (Fsp3) is 0.556. The molecule has 3 rings (SSSR count). The molecule has 0 saturated heterocycles. The topological polar surface area (TPSA) is 104 Å². The summed E-state index contributed by atoms with van der Waals surface area (Å²) in [5.41, 5.74) is -0.752. The van der Waals surface area contributed by atoms with Gasteiger partial charge in [-0.2, -0.15) is 4.52 Å². The number of carbonyl (C=O) groups is 1. The number of amides is 1. The van der Waals surface area contributed by atoms with E-state index in [2.05, 4.69) is 15.4 Å². The Kier molecular flexibility index (Phi) is 6.08. The standard InChI is InChI=1S/C18H26N6O3.ClH/c1-18(2,3)9-23-13-8-12(19-10-22(4)5)21-24(13)17(27)14(16(23)26)15(25)20-11-6-7-11;/h8,10-11,26H,6-7,9H2,1-5H3,(H,20,25);1H. The highest BCUT2D eigenvalue weighted by Crippen LogP contribution is 2.27. The van der Waals surface area contributed by atoms with E-state index in [1.807, 2.05) is 34.9 Å². The van der Waals surface area contributed by atoms with Crippen molar-refractivity contribution in [3.8, 4) is 5.88 Å². The minimum Gasteiger partial charge on any atom is -0.494 e. The van der Waals surface area contributed by atoms with Crippen LogP contribution in [-0.2, 0) is 6.54 Å². The summed E-state index contributed by atoms with van der Waals surface area (Å²) in [5, 5.41) is 17.8. The molecule has 0 unspecified atom stereocenters. The summed E-state index contributed by atoms with van der Waals surface area (Å²) in [6, 6.07) is 1.69. The Bertz CT molecular complexity index is 966. The first kappa shape index (κ1) is 21.7. The maximum atomic E-state index is 12.9. The first-order chi connectivity index (χ1) is 12.6. The Morgan fingerprint density at radius 1 is 1.43 bits per heavy atom. The van der Waals surface area contributed by atoms with Gasteiger partial charge < -0.3 is 15.3 Å². The number of aromatic nitrogens is 3. The lowest BCUT2D eigenvalue weighted by Crippen LogP contribution is -2.35. The number of rotatable bonds is 5. The van der Waals surface area contributed by atoms with Crippen molar-refractivity contribution in [2.45, 2.75) is 46.2 Å². The van der Waals surface area contributed by atoms with Crippen molar-refractivity contribution in [3.05, 3.63) is 22.0 Å². The number of nitrogens with zero attached hydrogens (tertiary/aromatic N) is 5. The lowest BCUT2D eigenvalue weighted by Gasteiger charge is -2.23. The quantitative estimate of drug-likeness (QED) is 0.577. The van der Waals surface area contributed by atoms with E-state index in [-0.39, 0.29) is 35.3 Å². The van der Waals surface area contributed by atoms with E-state index >= 15 is 0 Å². The van der Waals surface area contributed by atoms with Gasteiger partial charge in [-0.15, -0.1) is 17.5 Å². The third-order valence-corrected chi connectivity index (χ3v) is 4.03. The molecule has 9 nitrogen and oxygen atoms in total. The molecule has 1 aliphatic rings. The van der Waals surface area contributed by atoms with Crippen LogP contribution in [0.25, 0.3) is 5.65 Å². The molecule has 0 bridgehead atoms. The summed E-state index contributed by atoms with van der Waals surface area (Å²) in [7, 11) is 3.65. The number of carbonyl (C=O) groups excluding carboxylic acids is 1. The van der Waals surface area contributed by atoms with Crippen molar-refractivity contribution in [2.75, 3.05) is 14.1 Å². The van der Waals surface area contributed by atoms with Crippen LogP contribution in [-0.4, -0.2) is 56.6 Å². The third-order valence-electron chi connectivity index (χ3n) is 4.03. The summed E-state index contributed by atoms with van der Waals surface area (Å²) < 4.78 is 2.68. The number of aliphatic imine (C=N–C) groups is 1. The Morgan fingerprint density at radius 3 is 2.61 bits per heavy atom. The molecule has 2 aromatic rings. The first-order valence-corrected chi connectivity index (χ1v) is 8.94. The molecule has 2 heterocycles. The average molecular weight is 411 g/mol. The van der Waals surface area contributed by atoms with E-state index in [4.69, 9.17) is 0 Å². The molecule has 10 heteroatoms. The Hall–Kier alpha value is -2.55. The van der Waals surface area contributed by atoms with Gasteiger partial charge in [0, 0.05) is 32.7 Å². The van der Waals surface area contributed by atoms with Gasteiger partial charge in [0.1, 0.15) is 5.65 Å². The zero-order valence-corrected chi connectivity index (χ0v) is 17.6. The highest BCUT2D eigenvalue weighted by molar-refractivity contribution is 5.96. The van der Waals surface area contributed by atoms with Gasteiger partial charge in [-0.3, -0.25) is 14.2 Å². The molecule has 0 aliphatic heterocycles. The summed E-state index contributed by atoms with van der Waals surface area (Å²) >= 11 is 0. The molecule has 1 saturated carbocycles. The average Bonchev–Trinajstić information content (AvgIpc) is 3.24. The Labute approximate surface area is 169 Å². The molecule has 154 valence electrons. The molecule has 0 aromatic carbocycles. The number of hydrogen-bond acceptors (Lipinski definition) is 5. The van der Waals surface area contributed by atoms with Crippen LogP contribution in [0.15, 0.2) is 15.9 Å². The number of fused-ring (bicyclic) bond motifs is 1. The second kappa shape index (κ2) is 7.83. The zero-order chi connectivity index (χ0) is 19.9. The molecule has 0 atom stereocenters. The first-order valence-electron chi connectivity index (χ1n) is 8.94. The SMILES string of the molecule is CN(C)C=Nc1cc2n(CC(C)(C)C)c(O)c(C(=O)NC3CC3)c(=O)n2n1.Cl. The maximum absolute atomic E-state index is 12.9. The number of hydrogen-bond donors (Lipinski definition) is 2. The summed E-state index contributed by atoms with van der Waals surface area (Å²) in [6.07, 6.45) is 3.34. The molecule has 2 N–H and O–H groups in total. The van der Waals surface area contributed by atoms with Crippen molar-refractivity contribution in [1.82, 2.24) is 24.4 Å². The molecule has 2 aromatic heterocycles. The van der Waals surface area contributed by atoms with Crippen LogP contribution in [0.1, 0.15) is 44.0 Å². The van der Waals surface area contributed by atoms with Gasteiger partial charge in [-0.1, -0.05) is 20.8 Å². The van der Waals surface area contributed by atoms with E-state index in [9.17, 15) is 14.7 Å². The zero-order valence-electron chi connectivity index (χ0n) is 16.8. The van der Waals surface area contributed by atoms with E-state index < -0.39 is 11.5 Å². The largest absolute Gasteiger partial charge is 0.494 e. The second-order valence-corrected chi connectivity index (χ2v) is 8.38. The Balaban J connectivity index is 0.00000280. The Morgan fingerprint density at radius 2 is 2.07 bits per heavy atom. The van der Waals surface area contributed by atoms with Crippen LogP contribution in [0.3, 0.4) is 0 Å². The lowest BCUT2D eigenvalue weighted by molar-refractivity contribution is 0.0944. The summed E-state index contributed by atoms with van der Waals surface area (Å²) in [5.74, 6) is -0.593. The van der Waals surface area contributed by atoms with Gasteiger partial charge in [0.2, 0.25) is 5.88 Å². The number of nitrogens with one attached hydrogen (secondary N) is 1. The van der Waals surface area contributed by atoms with E-state index in [0.29, 0.717) is 18.0 Å². The van der Waals surface area contributed by atoms with Crippen LogP contribution in [0, 0.1) is 5.41 Å². The fourth-order valence-corrected chi connectivity index (χ4v) is 2.70. The van der Waals surface area contributed by atoms with Crippen LogP contribution >= 0.6 is 12.4 Å². The van der Waals surface area contributed by atoms with Gasteiger partial charge in [-0.25, -0.2) is 4.99 Å². The second-order valence-electron chi connectivity index (χ2n) is 8.38. The van der Waals surface area contributed by atoms with Crippen molar-refractivity contribution < 1.29 is 9.90 Å². The van der Waals surface area contributed by atoms with Crippen LogP contribution in [0.2, 0.25) is 0 Å². The molecule has 28 heavy (non-hydrogen) atoms.